The summed E-state index contributed by atoms with van der Waals surface area (Å²) in [5, 5.41) is 10.3. The highest BCUT2D eigenvalue weighted by Crippen LogP contribution is 2.40. The van der Waals surface area contributed by atoms with Gasteiger partial charge >= 0.3 is 0 Å². The smallest absolute Gasteiger partial charge is 0.289 e. The maximum atomic E-state index is 12.7. The first-order valence-corrected chi connectivity index (χ1v) is 8.16. The van der Waals surface area contributed by atoms with Gasteiger partial charge in [-0.25, -0.2) is 0 Å². The predicted octanol–water partition coefficient (Wildman–Crippen LogP) is 2.90. The van der Waals surface area contributed by atoms with E-state index in [-0.39, 0.29) is 5.57 Å². The van der Waals surface area contributed by atoms with E-state index in [9.17, 15) is 14.7 Å². The summed E-state index contributed by atoms with van der Waals surface area (Å²) in [7, 11) is 4.54. The van der Waals surface area contributed by atoms with E-state index in [1.54, 1.807) is 30.3 Å². The lowest BCUT2D eigenvalue weighted by Crippen LogP contribution is -2.26. The van der Waals surface area contributed by atoms with Gasteiger partial charge in [0.15, 0.2) is 23.0 Å². The number of hydrogen-bond acceptors (Lipinski definition) is 6. The zero-order valence-electron chi connectivity index (χ0n) is 15.1. The first-order chi connectivity index (χ1) is 13.0. The van der Waals surface area contributed by atoms with Crippen molar-refractivity contribution in [3.05, 3.63) is 65.3 Å². The van der Waals surface area contributed by atoms with Crippen LogP contribution in [0.5, 0.6) is 11.5 Å². The van der Waals surface area contributed by atoms with Crippen LogP contribution in [-0.2, 0) is 9.59 Å². The van der Waals surface area contributed by atoms with Crippen LogP contribution in [0.2, 0.25) is 0 Å². The number of rotatable bonds is 6. The Morgan fingerprint density at radius 3 is 2.59 bits per heavy atom. The van der Waals surface area contributed by atoms with E-state index in [2.05, 4.69) is 0 Å². The Kier molecular flexibility index (Phi) is 5.03. The number of nitrogens with zero attached hydrogens (tertiary/aromatic N) is 1. The fraction of sp³-hybridized carbons (Fsp3) is 0.200. The number of methoxy groups -OCH3 is 2. The first kappa shape index (κ1) is 18.3. The highest BCUT2D eigenvalue weighted by atomic mass is 16.5. The SMILES string of the molecule is COc1ccc(C2C(C(=O)/C=C/c3ccco3)=C(O)C(=O)N2C)cc1OC. The summed E-state index contributed by atoms with van der Waals surface area (Å²) in [6.45, 7) is 0. The summed E-state index contributed by atoms with van der Waals surface area (Å²) in [5.41, 5.74) is 0.611. The van der Waals surface area contributed by atoms with Crippen LogP contribution in [0.3, 0.4) is 0 Å². The molecule has 1 aliphatic heterocycles. The highest BCUT2D eigenvalue weighted by molar-refractivity contribution is 6.14. The molecular formula is C20H19NO6. The molecule has 0 bridgehead atoms. The molecule has 27 heavy (non-hydrogen) atoms. The molecule has 1 aromatic carbocycles. The van der Waals surface area contributed by atoms with Crippen LogP contribution in [-0.4, -0.2) is 43.0 Å². The van der Waals surface area contributed by atoms with E-state index in [4.69, 9.17) is 13.9 Å². The standard InChI is InChI=1S/C20H19NO6/c1-21-18(12-6-9-15(25-2)16(11-12)26-3)17(19(23)20(21)24)14(22)8-7-13-5-4-10-27-13/h4-11,18,23H,1-3H3/b8-7+. The second-order valence-electron chi connectivity index (χ2n) is 5.91. The molecule has 0 aliphatic carbocycles. The van der Waals surface area contributed by atoms with Crippen LogP contribution >= 0.6 is 0 Å². The van der Waals surface area contributed by atoms with Gasteiger partial charge in [0.1, 0.15) is 5.76 Å². The third kappa shape index (κ3) is 3.31. The molecule has 7 nitrogen and oxygen atoms in total. The molecule has 1 amide bonds. The normalized spacial score (nSPS) is 17.1. The highest BCUT2D eigenvalue weighted by Gasteiger charge is 2.41. The van der Waals surface area contributed by atoms with Crippen molar-refractivity contribution < 1.29 is 28.6 Å². The minimum absolute atomic E-state index is 0.00229. The Hall–Kier alpha value is -3.48. The minimum Gasteiger partial charge on any atom is -0.503 e. The number of ether oxygens (including phenoxy) is 2. The molecule has 1 atom stereocenters. The number of hydrogen-bond donors (Lipinski definition) is 1. The van der Waals surface area contributed by atoms with Crippen LogP contribution in [0.4, 0.5) is 0 Å². The van der Waals surface area contributed by atoms with Crippen LogP contribution in [0.1, 0.15) is 17.4 Å². The van der Waals surface area contributed by atoms with Gasteiger partial charge in [0.2, 0.25) is 0 Å². The first-order valence-electron chi connectivity index (χ1n) is 8.16. The molecule has 1 aliphatic rings. The summed E-state index contributed by atoms with van der Waals surface area (Å²) in [5.74, 6) is -0.201. The lowest BCUT2D eigenvalue weighted by atomic mass is 9.95. The molecule has 2 aromatic rings. The molecule has 1 unspecified atom stereocenters. The fourth-order valence-corrected chi connectivity index (χ4v) is 3.02. The number of allylic oxidation sites excluding steroid dienone is 1. The average molecular weight is 369 g/mol. The van der Waals surface area contributed by atoms with E-state index >= 15 is 0 Å². The van der Waals surface area contributed by atoms with Crippen molar-refractivity contribution in [3.63, 3.8) is 0 Å². The molecule has 140 valence electrons. The van der Waals surface area contributed by atoms with Gasteiger partial charge < -0.3 is 23.9 Å². The van der Waals surface area contributed by atoms with E-state index < -0.39 is 23.5 Å². The van der Waals surface area contributed by atoms with Gasteiger partial charge in [-0.1, -0.05) is 6.07 Å². The lowest BCUT2D eigenvalue weighted by Gasteiger charge is -2.23. The predicted molar refractivity (Wildman–Crippen MR) is 97.5 cm³/mol. The molecule has 0 saturated carbocycles. The van der Waals surface area contributed by atoms with E-state index in [1.807, 2.05) is 0 Å². The molecule has 0 fully saturated rings. The van der Waals surface area contributed by atoms with Crippen molar-refractivity contribution in [1.82, 2.24) is 4.90 Å². The third-order valence-corrected chi connectivity index (χ3v) is 4.37. The average Bonchev–Trinajstić information content (AvgIpc) is 3.28. The zero-order valence-corrected chi connectivity index (χ0v) is 15.1. The van der Waals surface area contributed by atoms with E-state index in [0.29, 0.717) is 22.8 Å². The fourth-order valence-electron chi connectivity index (χ4n) is 3.02. The Bertz CT molecular complexity index is 926. The summed E-state index contributed by atoms with van der Waals surface area (Å²) >= 11 is 0. The quantitative estimate of drug-likeness (QED) is 0.788. The molecule has 0 spiro atoms. The molecular weight excluding hydrogens is 350 g/mol. The van der Waals surface area contributed by atoms with Crippen LogP contribution < -0.4 is 9.47 Å². The maximum absolute atomic E-state index is 12.7. The van der Waals surface area contributed by atoms with Gasteiger partial charge in [-0.05, 0) is 42.0 Å². The van der Waals surface area contributed by atoms with Gasteiger partial charge in [-0.15, -0.1) is 0 Å². The molecule has 7 heteroatoms. The van der Waals surface area contributed by atoms with Crippen LogP contribution in [0.25, 0.3) is 6.08 Å². The van der Waals surface area contributed by atoms with Crippen molar-refractivity contribution in [1.29, 1.82) is 0 Å². The van der Waals surface area contributed by atoms with Crippen molar-refractivity contribution in [2.75, 3.05) is 21.3 Å². The van der Waals surface area contributed by atoms with Gasteiger partial charge in [-0.3, -0.25) is 9.59 Å². The lowest BCUT2D eigenvalue weighted by molar-refractivity contribution is -0.128. The Morgan fingerprint density at radius 1 is 1.22 bits per heavy atom. The minimum atomic E-state index is -0.744. The number of carbonyl (C=O) groups excluding carboxylic acids is 2. The number of aliphatic hydroxyl groups excluding tert-OH is 1. The molecule has 0 radical (unpaired) electrons. The Labute approximate surface area is 156 Å². The van der Waals surface area contributed by atoms with Gasteiger partial charge in [0, 0.05) is 7.05 Å². The number of likely N-dealkylation sites (N-methyl/N-ethyl adjacent to an activating group) is 1. The molecule has 2 heterocycles. The summed E-state index contributed by atoms with van der Waals surface area (Å²) in [6.07, 6.45) is 4.24. The third-order valence-electron chi connectivity index (χ3n) is 4.37. The van der Waals surface area contributed by atoms with Crippen LogP contribution in [0, 0.1) is 0 Å². The monoisotopic (exact) mass is 369 g/mol. The number of aliphatic hydroxyl groups is 1. The second-order valence-corrected chi connectivity index (χ2v) is 5.91. The number of carbonyl (C=O) groups is 2. The van der Waals surface area contributed by atoms with Crippen molar-refractivity contribution in [3.8, 4) is 11.5 Å². The van der Waals surface area contributed by atoms with Gasteiger partial charge in [0.25, 0.3) is 5.91 Å². The topological polar surface area (TPSA) is 89.2 Å². The number of furan rings is 1. The second kappa shape index (κ2) is 7.41. The van der Waals surface area contributed by atoms with Crippen LogP contribution in [0.15, 0.2) is 58.4 Å². The Balaban J connectivity index is 2.00. The van der Waals surface area contributed by atoms with Gasteiger partial charge in [-0.2, -0.15) is 0 Å². The van der Waals surface area contributed by atoms with Crippen molar-refractivity contribution in [2.45, 2.75) is 6.04 Å². The Morgan fingerprint density at radius 2 is 1.96 bits per heavy atom. The molecule has 0 saturated heterocycles. The summed E-state index contributed by atoms with van der Waals surface area (Å²) in [6, 6.07) is 7.72. The molecule has 3 rings (SSSR count). The maximum Gasteiger partial charge on any atom is 0.289 e. The number of benzene rings is 1. The summed E-state index contributed by atoms with van der Waals surface area (Å²) in [4.78, 5) is 26.3. The van der Waals surface area contributed by atoms with E-state index in [0.717, 1.165) is 0 Å². The number of ketones is 1. The van der Waals surface area contributed by atoms with E-state index in [1.165, 1.54) is 44.6 Å². The number of amides is 1. The summed E-state index contributed by atoms with van der Waals surface area (Å²) < 4.78 is 15.7. The largest absolute Gasteiger partial charge is 0.503 e. The zero-order chi connectivity index (χ0) is 19.6. The van der Waals surface area contributed by atoms with Crippen molar-refractivity contribution in [2.24, 2.45) is 0 Å². The van der Waals surface area contributed by atoms with Gasteiger partial charge in [0.05, 0.1) is 32.1 Å². The molecule has 1 N–H and O–H groups in total. The van der Waals surface area contributed by atoms with Crippen molar-refractivity contribution >= 4 is 17.8 Å². The molecule has 1 aromatic heterocycles.